The van der Waals surface area contributed by atoms with Gasteiger partial charge in [-0.1, -0.05) is 18.2 Å². The van der Waals surface area contributed by atoms with Gasteiger partial charge < -0.3 is 14.2 Å². The van der Waals surface area contributed by atoms with Gasteiger partial charge in [-0.2, -0.15) is 13.2 Å². The minimum absolute atomic E-state index is 0.480. The van der Waals surface area contributed by atoms with Gasteiger partial charge in [-0.3, -0.25) is 19.2 Å². The SMILES string of the molecule is CC(=O)OC(OC(C)=O)[C@@]12C=C[C@@H](O1)[C@@H]1C(=O)N(c3ccccc3C(F)(F)F)C(=O)[C@@H]12. The van der Waals surface area contributed by atoms with E-state index in [0.717, 1.165) is 32.0 Å². The highest BCUT2D eigenvalue weighted by molar-refractivity contribution is 6.23. The van der Waals surface area contributed by atoms with Crippen LogP contribution in [-0.4, -0.2) is 41.7 Å². The van der Waals surface area contributed by atoms with Gasteiger partial charge in [-0.05, 0) is 18.2 Å². The van der Waals surface area contributed by atoms with Gasteiger partial charge in [-0.15, -0.1) is 0 Å². The first-order valence-electron chi connectivity index (χ1n) is 9.23. The molecule has 2 fully saturated rings. The fraction of sp³-hybridized carbons (Fsp3) is 0.400. The highest BCUT2D eigenvalue weighted by Gasteiger charge is 2.72. The summed E-state index contributed by atoms with van der Waals surface area (Å²) < 4.78 is 56.4. The number of esters is 2. The summed E-state index contributed by atoms with van der Waals surface area (Å²) >= 11 is 0. The number of fused-ring (bicyclic) bond motifs is 5. The van der Waals surface area contributed by atoms with E-state index < -0.39 is 71.0 Å². The molecule has 31 heavy (non-hydrogen) atoms. The third kappa shape index (κ3) is 3.11. The molecule has 0 saturated carbocycles. The number of hydrogen-bond acceptors (Lipinski definition) is 7. The zero-order chi connectivity index (χ0) is 22.7. The zero-order valence-corrected chi connectivity index (χ0v) is 16.2. The maximum Gasteiger partial charge on any atom is 0.418 e. The monoisotopic (exact) mass is 439 g/mol. The molecule has 1 aromatic rings. The second kappa shape index (κ2) is 6.91. The normalized spacial score (nSPS) is 29.0. The molecule has 0 aliphatic carbocycles. The third-order valence-corrected chi connectivity index (χ3v) is 5.44. The van der Waals surface area contributed by atoms with E-state index in [1.165, 1.54) is 18.2 Å². The molecule has 1 aromatic carbocycles. The van der Waals surface area contributed by atoms with E-state index in [-0.39, 0.29) is 0 Å². The number of alkyl halides is 3. The molecule has 0 unspecified atom stereocenters. The second-order valence-corrected chi connectivity index (χ2v) is 7.38. The average molecular weight is 439 g/mol. The average Bonchev–Trinajstić information content (AvgIpc) is 3.31. The van der Waals surface area contributed by atoms with Crippen molar-refractivity contribution in [3.05, 3.63) is 42.0 Å². The Morgan fingerprint density at radius 2 is 1.71 bits per heavy atom. The summed E-state index contributed by atoms with van der Waals surface area (Å²) in [5, 5.41) is 0. The van der Waals surface area contributed by atoms with Crippen molar-refractivity contribution in [2.45, 2.75) is 38.0 Å². The Bertz CT molecular complexity index is 1000. The maximum absolute atomic E-state index is 13.5. The van der Waals surface area contributed by atoms with E-state index in [9.17, 15) is 32.3 Å². The molecule has 0 aromatic heterocycles. The van der Waals surface area contributed by atoms with Gasteiger partial charge in [-0.25, -0.2) is 4.90 Å². The number of benzene rings is 1. The molecule has 11 heteroatoms. The van der Waals surface area contributed by atoms with Gasteiger partial charge in [0.2, 0.25) is 11.8 Å². The molecule has 164 valence electrons. The van der Waals surface area contributed by atoms with E-state index in [0.29, 0.717) is 4.90 Å². The lowest BCUT2D eigenvalue weighted by Crippen LogP contribution is -2.52. The van der Waals surface area contributed by atoms with Crippen molar-refractivity contribution in [3.63, 3.8) is 0 Å². The van der Waals surface area contributed by atoms with Crippen LogP contribution < -0.4 is 4.90 Å². The van der Waals surface area contributed by atoms with Crippen molar-refractivity contribution in [2.75, 3.05) is 4.90 Å². The number of rotatable bonds is 4. The second-order valence-electron chi connectivity index (χ2n) is 7.38. The Hall–Kier alpha value is -3.21. The van der Waals surface area contributed by atoms with E-state index in [4.69, 9.17) is 14.2 Å². The Labute approximate surface area is 173 Å². The molecule has 2 bridgehead atoms. The fourth-order valence-electron chi connectivity index (χ4n) is 4.36. The molecular formula is C20H16F3NO7. The van der Waals surface area contributed by atoms with Gasteiger partial charge in [0.05, 0.1) is 29.2 Å². The Kier molecular flexibility index (Phi) is 4.69. The van der Waals surface area contributed by atoms with Crippen molar-refractivity contribution in [1.82, 2.24) is 0 Å². The summed E-state index contributed by atoms with van der Waals surface area (Å²) in [5.74, 6) is -6.05. The van der Waals surface area contributed by atoms with Crippen LogP contribution in [0.5, 0.6) is 0 Å². The molecule has 3 aliphatic heterocycles. The quantitative estimate of drug-likeness (QED) is 0.306. The van der Waals surface area contributed by atoms with Crippen LogP contribution in [0, 0.1) is 11.8 Å². The molecule has 4 rings (SSSR count). The van der Waals surface area contributed by atoms with Gasteiger partial charge in [0.1, 0.15) is 0 Å². The molecular weight excluding hydrogens is 423 g/mol. The number of amides is 2. The molecule has 0 spiro atoms. The van der Waals surface area contributed by atoms with Gasteiger partial charge in [0.25, 0.3) is 6.29 Å². The van der Waals surface area contributed by atoms with Crippen LogP contribution >= 0.6 is 0 Å². The predicted molar refractivity (Wildman–Crippen MR) is 95.0 cm³/mol. The largest absolute Gasteiger partial charge is 0.422 e. The Morgan fingerprint density at radius 1 is 1.10 bits per heavy atom. The maximum atomic E-state index is 13.5. The van der Waals surface area contributed by atoms with Gasteiger partial charge in [0, 0.05) is 13.8 Å². The van der Waals surface area contributed by atoms with Gasteiger partial charge in [0.15, 0.2) is 5.60 Å². The third-order valence-electron chi connectivity index (χ3n) is 5.44. The predicted octanol–water partition coefficient (Wildman–Crippen LogP) is 1.97. The van der Waals surface area contributed by atoms with E-state index in [2.05, 4.69) is 0 Å². The topological polar surface area (TPSA) is 99.2 Å². The minimum atomic E-state index is -4.81. The number of carbonyl (C=O) groups excluding carboxylic acids is 4. The molecule has 2 amide bonds. The van der Waals surface area contributed by atoms with Crippen LogP contribution in [0.25, 0.3) is 0 Å². The number of para-hydroxylation sites is 1. The first-order valence-corrected chi connectivity index (χ1v) is 9.23. The number of ether oxygens (including phenoxy) is 3. The minimum Gasteiger partial charge on any atom is -0.422 e. The Balaban J connectivity index is 1.79. The van der Waals surface area contributed by atoms with Crippen molar-refractivity contribution >= 4 is 29.4 Å². The smallest absolute Gasteiger partial charge is 0.418 e. The lowest BCUT2D eigenvalue weighted by atomic mass is 9.76. The first-order chi connectivity index (χ1) is 14.5. The molecule has 8 nitrogen and oxygen atoms in total. The highest BCUT2D eigenvalue weighted by atomic mass is 19.4. The summed E-state index contributed by atoms with van der Waals surface area (Å²) in [4.78, 5) is 50.0. The number of anilines is 1. The lowest BCUT2D eigenvalue weighted by molar-refractivity contribution is -0.226. The molecule has 2 saturated heterocycles. The van der Waals surface area contributed by atoms with Crippen LogP contribution in [0.4, 0.5) is 18.9 Å². The van der Waals surface area contributed by atoms with Crippen LogP contribution in [0.3, 0.4) is 0 Å². The van der Waals surface area contributed by atoms with Crippen LogP contribution in [0.2, 0.25) is 0 Å². The highest BCUT2D eigenvalue weighted by Crippen LogP contribution is 2.55. The number of hydrogen-bond donors (Lipinski definition) is 0. The van der Waals surface area contributed by atoms with Crippen LogP contribution in [0.15, 0.2) is 36.4 Å². The van der Waals surface area contributed by atoms with Crippen molar-refractivity contribution in [1.29, 1.82) is 0 Å². The molecule has 0 radical (unpaired) electrons. The molecule has 3 aliphatic rings. The van der Waals surface area contributed by atoms with E-state index in [1.54, 1.807) is 0 Å². The Morgan fingerprint density at radius 3 is 2.29 bits per heavy atom. The van der Waals surface area contributed by atoms with Crippen LogP contribution in [-0.2, 0) is 39.6 Å². The van der Waals surface area contributed by atoms with Crippen molar-refractivity contribution < 1.29 is 46.6 Å². The van der Waals surface area contributed by atoms with Crippen molar-refractivity contribution in [2.24, 2.45) is 11.8 Å². The lowest BCUT2D eigenvalue weighted by Gasteiger charge is -2.34. The van der Waals surface area contributed by atoms with Crippen LogP contribution in [0.1, 0.15) is 19.4 Å². The summed E-state index contributed by atoms with van der Waals surface area (Å²) in [5.41, 5.74) is -3.59. The van der Waals surface area contributed by atoms with E-state index >= 15 is 0 Å². The summed E-state index contributed by atoms with van der Waals surface area (Å²) in [6, 6.07) is 4.21. The van der Waals surface area contributed by atoms with Crippen molar-refractivity contribution in [3.8, 4) is 0 Å². The number of imide groups is 1. The zero-order valence-electron chi connectivity index (χ0n) is 16.2. The van der Waals surface area contributed by atoms with E-state index in [1.807, 2.05) is 0 Å². The first kappa shape index (κ1) is 21.0. The fourth-order valence-corrected chi connectivity index (χ4v) is 4.36. The molecule has 3 heterocycles. The number of nitrogens with zero attached hydrogens (tertiary/aromatic N) is 1. The number of carbonyl (C=O) groups is 4. The summed E-state index contributed by atoms with van der Waals surface area (Å²) in [6.45, 7) is 2.09. The molecule has 4 atom stereocenters. The number of halogens is 3. The summed E-state index contributed by atoms with van der Waals surface area (Å²) in [6.07, 6.45) is -4.69. The molecule has 0 N–H and O–H groups in total. The standard InChI is InChI=1S/C20H16F3NO7/c1-9(25)29-18(30-10(2)26)19-8-7-13(31-19)14-15(19)17(28)24(16(14)27)12-6-4-3-5-11(12)20(21,22)23/h3-8,13-15,18H,1-2H3/t13-,14+,15-,19+/m1/s1. The summed E-state index contributed by atoms with van der Waals surface area (Å²) in [7, 11) is 0. The van der Waals surface area contributed by atoms with Gasteiger partial charge >= 0.3 is 18.1 Å².